The van der Waals surface area contributed by atoms with E-state index in [9.17, 15) is 26.8 Å². The van der Waals surface area contributed by atoms with Crippen LogP contribution in [0.4, 0.5) is 14.5 Å². The number of hydrogen-bond donors (Lipinski definition) is 1. The molecule has 0 heterocycles. The van der Waals surface area contributed by atoms with E-state index in [4.69, 9.17) is 0 Å². The largest absolute Gasteiger partial charge is 0.354 e. The van der Waals surface area contributed by atoms with Crippen LogP contribution in [0.25, 0.3) is 0 Å². The maximum Gasteiger partial charge on any atom is 0.242 e. The highest BCUT2D eigenvalue weighted by Crippen LogP contribution is 2.22. The van der Waals surface area contributed by atoms with Gasteiger partial charge in [0.2, 0.25) is 21.8 Å². The monoisotopic (exact) mass is 537 g/mol. The zero-order valence-electron chi connectivity index (χ0n) is 22.0. The highest BCUT2D eigenvalue weighted by molar-refractivity contribution is 7.92. The molecule has 0 bridgehead atoms. The number of nitrogens with one attached hydrogen (secondary N) is 1. The molecule has 0 fully saturated rings. The summed E-state index contributed by atoms with van der Waals surface area (Å²) in [4.78, 5) is 27.9. The fraction of sp³-hybridized carbons (Fsp3) is 0.481. The lowest BCUT2D eigenvalue weighted by atomic mass is 10.1. The highest BCUT2D eigenvalue weighted by atomic mass is 32.2. The van der Waals surface area contributed by atoms with Crippen LogP contribution in [0.5, 0.6) is 0 Å². The molecule has 0 aliphatic heterocycles. The van der Waals surface area contributed by atoms with E-state index in [-0.39, 0.29) is 43.4 Å². The average Bonchev–Trinajstić information content (AvgIpc) is 2.84. The van der Waals surface area contributed by atoms with Crippen LogP contribution >= 0.6 is 0 Å². The van der Waals surface area contributed by atoms with Crippen LogP contribution in [0, 0.1) is 18.6 Å². The summed E-state index contributed by atoms with van der Waals surface area (Å²) in [6.45, 7) is 6.47. The van der Waals surface area contributed by atoms with Crippen LogP contribution in [0.15, 0.2) is 42.5 Å². The molecule has 0 aliphatic rings. The number of hydrogen-bond acceptors (Lipinski definition) is 4. The van der Waals surface area contributed by atoms with Crippen LogP contribution < -0.4 is 9.62 Å². The minimum atomic E-state index is -3.81. The maximum atomic E-state index is 13.7. The molecule has 0 aliphatic carbocycles. The summed E-state index contributed by atoms with van der Waals surface area (Å²) in [6.07, 6.45) is 3.24. The van der Waals surface area contributed by atoms with Crippen molar-refractivity contribution in [2.75, 3.05) is 23.7 Å². The Morgan fingerprint density at radius 3 is 2.32 bits per heavy atom. The fourth-order valence-electron chi connectivity index (χ4n) is 4.04. The molecule has 0 unspecified atom stereocenters. The lowest BCUT2D eigenvalue weighted by Gasteiger charge is -2.31. The van der Waals surface area contributed by atoms with Crippen molar-refractivity contribution >= 4 is 27.5 Å². The van der Waals surface area contributed by atoms with E-state index in [2.05, 4.69) is 5.32 Å². The quantitative estimate of drug-likeness (QED) is 0.359. The van der Waals surface area contributed by atoms with Crippen molar-refractivity contribution in [3.8, 4) is 0 Å². The minimum Gasteiger partial charge on any atom is -0.354 e. The lowest BCUT2D eigenvalue weighted by molar-refractivity contribution is -0.141. The summed E-state index contributed by atoms with van der Waals surface area (Å²) in [5.74, 6) is -2.76. The van der Waals surface area contributed by atoms with Crippen molar-refractivity contribution in [1.29, 1.82) is 0 Å². The topological polar surface area (TPSA) is 86.8 Å². The van der Waals surface area contributed by atoms with Crippen LogP contribution in [0.1, 0.15) is 57.1 Å². The Bertz CT molecular complexity index is 1170. The zero-order valence-corrected chi connectivity index (χ0v) is 22.8. The van der Waals surface area contributed by atoms with Crippen LogP contribution in [0.2, 0.25) is 0 Å². The minimum absolute atomic E-state index is 0.0210. The number of amides is 2. The van der Waals surface area contributed by atoms with Gasteiger partial charge in [0.15, 0.2) is 11.6 Å². The molecule has 1 atom stereocenters. The number of halogens is 2. The third kappa shape index (κ3) is 8.80. The number of carbonyl (C=O) groups excluding carboxylic acids is 2. The number of unbranched alkanes of at least 4 members (excludes halogenated alkanes) is 1. The summed E-state index contributed by atoms with van der Waals surface area (Å²) in [6, 6.07) is 9.80. The normalized spacial score (nSPS) is 12.2. The van der Waals surface area contributed by atoms with Gasteiger partial charge in [-0.05, 0) is 49.4 Å². The van der Waals surface area contributed by atoms with Gasteiger partial charge >= 0.3 is 0 Å². The van der Waals surface area contributed by atoms with Gasteiger partial charge in [0, 0.05) is 32.1 Å². The average molecular weight is 538 g/mol. The second kappa shape index (κ2) is 14.1. The molecular weight excluding hydrogens is 500 g/mol. The number of anilines is 1. The number of nitrogens with zero attached hydrogens (tertiary/aromatic N) is 2. The van der Waals surface area contributed by atoms with E-state index in [1.165, 1.54) is 6.07 Å². The second-order valence-electron chi connectivity index (χ2n) is 9.05. The Morgan fingerprint density at radius 2 is 1.73 bits per heavy atom. The molecule has 204 valence electrons. The molecule has 0 saturated carbocycles. The molecule has 2 aromatic rings. The van der Waals surface area contributed by atoms with Gasteiger partial charge in [-0.25, -0.2) is 17.2 Å². The van der Waals surface area contributed by atoms with Crippen molar-refractivity contribution in [2.45, 2.75) is 65.5 Å². The van der Waals surface area contributed by atoms with Crippen molar-refractivity contribution < 1.29 is 26.8 Å². The van der Waals surface area contributed by atoms with E-state index in [0.29, 0.717) is 13.0 Å². The van der Waals surface area contributed by atoms with E-state index >= 15 is 0 Å². The summed E-state index contributed by atoms with van der Waals surface area (Å²) in [5, 5.41) is 2.91. The number of aryl methyl sites for hydroxylation is 1. The molecular formula is C27H37F2N3O4S. The molecule has 0 radical (unpaired) electrons. The SMILES string of the molecule is CCCCNC(=O)[C@H](CC)N(Cc1ccccc1C)C(=O)CCCN(c1ccc(F)c(F)c1)S(C)(=O)=O. The maximum absolute atomic E-state index is 13.7. The first kappa shape index (κ1) is 30.2. The first-order valence-electron chi connectivity index (χ1n) is 12.5. The van der Waals surface area contributed by atoms with Crippen molar-refractivity contribution in [3.05, 3.63) is 65.2 Å². The molecule has 7 nitrogen and oxygen atoms in total. The Hall–Kier alpha value is -3.01. The van der Waals surface area contributed by atoms with Gasteiger partial charge in [0.05, 0.1) is 11.9 Å². The second-order valence-corrected chi connectivity index (χ2v) is 11.0. The number of carbonyl (C=O) groups is 2. The Balaban J connectivity index is 2.22. The van der Waals surface area contributed by atoms with Crippen molar-refractivity contribution in [3.63, 3.8) is 0 Å². The van der Waals surface area contributed by atoms with E-state index in [1.807, 2.05) is 45.0 Å². The van der Waals surface area contributed by atoms with Gasteiger partial charge in [-0.1, -0.05) is 44.5 Å². The van der Waals surface area contributed by atoms with Gasteiger partial charge in [-0.3, -0.25) is 13.9 Å². The standard InChI is InChI=1S/C27H37F2N3O4S/c1-5-7-16-30-27(34)25(6-2)31(19-21-12-9-8-11-20(21)3)26(33)13-10-17-32(37(4,35)36)22-14-15-23(28)24(29)18-22/h8-9,11-12,14-15,18,25H,5-7,10,13,16-17,19H2,1-4H3,(H,30,34)/t25-/m0/s1. The van der Waals surface area contributed by atoms with E-state index in [0.717, 1.165) is 46.7 Å². The first-order chi connectivity index (χ1) is 17.5. The Kier molecular flexibility index (Phi) is 11.5. The van der Waals surface area contributed by atoms with E-state index in [1.54, 1.807) is 4.90 Å². The molecule has 2 rings (SSSR count). The van der Waals surface area contributed by atoms with Gasteiger partial charge < -0.3 is 10.2 Å². The predicted octanol–water partition coefficient (Wildman–Crippen LogP) is 4.54. The third-order valence-corrected chi connectivity index (χ3v) is 7.35. The van der Waals surface area contributed by atoms with Gasteiger partial charge in [-0.15, -0.1) is 0 Å². The molecule has 0 saturated heterocycles. The molecule has 10 heteroatoms. The molecule has 37 heavy (non-hydrogen) atoms. The molecule has 0 spiro atoms. The van der Waals surface area contributed by atoms with Crippen LogP contribution in [-0.2, 0) is 26.2 Å². The number of benzene rings is 2. The third-order valence-electron chi connectivity index (χ3n) is 6.16. The van der Waals surface area contributed by atoms with Gasteiger partial charge in [-0.2, -0.15) is 0 Å². The Morgan fingerprint density at radius 1 is 1.03 bits per heavy atom. The molecule has 2 amide bonds. The summed E-state index contributed by atoms with van der Waals surface area (Å²) < 4.78 is 52.7. The summed E-state index contributed by atoms with van der Waals surface area (Å²) in [7, 11) is -3.81. The summed E-state index contributed by atoms with van der Waals surface area (Å²) >= 11 is 0. The first-order valence-corrected chi connectivity index (χ1v) is 14.4. The summed E-state index contributed by atoms with van der Waals surface area (Å²) in [5.41, 5.74) is 1.88. The van der Waals surface area contributed by atoms with Gasteiger partial charge in [0.1, 0.15) is 6.04 Å². The molecule has 0 aromatic heterocycles. The van der Waals surface area contributed by atoms with Crippen molar-refractivity contribution in [2.24, 2.45) is 0 Å². The molecule has 1 N–H and O–H groups in total. The predicted molar refractivity (Wildman–Crippen MR) is 142 cm³/mol. The lowest BCUT2D eigenvalue weighted by Crippen LogP contribution is -2.49. The van der Waals surface area contributed by atoms with Gasteiger partial charge in [0.25, 0.3) is 0 Å². The highest BCUT2D eigenvalue weighted by Gasteiger charge is 2.29. The number of sulfonamides is 1. The smallest absolute Gasteiger partial charge is 0.242 e. The number of rotatable bonds is 14. The van der Waals surface area contributed by atoms with Crippen LogP contribution in [0.3, 0.4) is 0 Å². The zero-order chi connectivity index (χ0) is 27.6. The fourth-order valence-corrected chi connectivity index (χ4v) is 5.00. The van der Waals surface area contributed by atoms with Crippen LogP contribution in [-0.4, -0.2) is 50.5 Å². The van der Waals surface area contributed by atoms with E-state index < -0.39 is 27.7 Å². The van der Waals surface area contributed by atoms with Crippen molar-refractivity contribution in [1.82, 2.24) is 10.2 Å². The molecule has 2 aromatic carbocycles. The Labute approximate surface area is 218 Å².